The summed E-state index contributed by atoms with van der Waals surface area (Å²) in [6.07, 6.45) is 1.23. The minimum Gasteiger partial charge on any atom is -1.00 e. The molecule has 4 heteroatoms. The van der Waals surface area contributed by atoms with E-state index in [1.807, 2.05) is 0 Å². The van der Waals surface area contributed by atoms with Crippen LogP contribution in [0.25, 0.3) is 22.2 Å². The Morgan fingerprint density at radius 3 is 2.65 bits per heavy atom. The van der Waals surface area contributed by atoms with Crippen LogP contribution in [0.5, 0.6) is 0 Å². The van der Waals surface area contributed by atoms with E-state index >= 15 is 0 Å². The number of benzene rings is 2. The molecule has 2 heterocycles. The van der Waals surface area contributed by atoms with Crippen LogP contribution < -0.4 is 17.1 Å². The Kier molecular flexibility index (Phi) is 3.57. The van der Waals surface area contributed by atoms with Crippen LogP contribution in [-0.2, 0) is 13.1 Å². The van der Waals surface area contributed by atoms with Gasteiger partial charge in [0.2, 0.25) is 5.69 Å². The third-order valence-corrected chi connectivity index (χ3v) is 4.32. The highest BCUT2D eigenvalue weighted by atomic mass is 79.9. The van der Waals surface area contributed by atoms with E-state index in [-0.39, 0.29) is 12.4 Å². The smallest absolute Gasteiger partial charge is 0.246 e. The Morgan fingerprint density at radius 2 is 1.85 bits per heavy atom. The van der Waals surface area contributed by atoms with Crippen LogP contribution in [0.1, 0.15) is 6.42 Å². The summed E-state index contributed by atoms with van der Waals surface area (Å²) in [5, 5.41) is 1.33. The summed E-state index contributed by atoms with van der Waals surface area (Å²) >= 11 is 3.59. The Morgan fingerprint density at radius 1 is 1.05 bits per heavy atom. The average molecular weight is 350 g/mol. The lowest BCUT2D eigenvalue weighted by Crippen LogP contribution is -3.00. The van der Waals surface area contributed by atoms with Gasteiger partial charge in [-0.15, -0.1) is 4.68 Å². The molecule has 0 spiro atoms. The molecule has 4 rings (SSSR count). The Balaban J connectivity index is 0.00000121. The van der Waals surface area contributed by atoms with Gasteiger partial charge in [0, 0.05) is 16.5 Å². The lowest BCUT2D eigenvalue weighted by atomic mass is 10.1. The molecule has 0 unspecified atom stereocenters. The molecule has 3 aromatic rings. The number of fused-ring (bicyclic) bond motifs is 3. The third-order valence-electron chi connectivity index (χ3n) is 3.83. The van der Waals surface area contributed by atoms with Gasteiger partial charge in [-0.1, -0.05) is 34.1 Å². The SMILES string of the molecule is Brc1ccc2c(c1)c(-c1ccccc1)[n+]1n2CCC1.[Cl-]. The van der Waals surface area contributed by atoms with Crippen LogP contribution in [0.2, 0.25) is 0 Å². The average Bonchev–Trinajstić information content (AvgIpc) is 2.99. The van der Waals surface area contributed by atoms with Gasteiger partial charge in [-0.3, -0.25) is 0 Å². The van der Waals surface area contributed by atoms with Gasteiger partial charge in [-0.05, 0) is 30.3 Å². The van der Waals surface area contributed by atoms with E-state index in [2.05, 4.69) is 73.8 Å². The number of hydrogen-bond acceptors (Lipinski definition) is 0. The first kappa shape index (κ1) is 13.7. The molecule has 0 saturated heterocycles. The molecule has 1 aliphatic heterocycles. The Hall–Kier alpha value is -1.32. The number of aromatic nitrogens is 2. The summed E-state index contributed by atoms with van der Waals surface area (Å²) in [4.78, 5) is 0. The van der Waals surface area contributed by atoms with Crippen molar-refractivity contribution < 1.29 is 17.1 Å². The molecule has 0 bridgehead atoms. The maximum Gasteiger partial charge on any atom is 0.246 e. The molecule has 0 atom stereocenters. The van der Waals surface area contributed by atoms with Crippen LogP contribution in [0.3, 0.4) is 0 Å². The standard InChI is InChI=1S/C16H14BrN2.ClH/c17-13-7-8-15-14(11-13)16(12-5-2-1-3-6-12)19-10-4-9-18(15)19;/h1-3,5-8,11H,4,9-10H2;1H/q+1;/p-1. The molecular weight excluding hydrogens is 336 g/mol. The van der Waals surface area contributed by atoms with Crippen molar-refractivity contribution in [3.8, 4) is 11.3 Å². The topological polar surface area (TPSA) is 8.81 Å². The molecule has 0 fully saturated rings. The van der Waals surface area contributed by atoms with Crippen molar-refractivity contribution in [1.29, 1.82) is 0 Å². The van der Waals surface area contributed by atoms with Crippen molar-refractivity contribution >= 4 is 26.8 Å². The van der Waals surface area contributed by atoms with Gasteiger partial charge in [0.1, 0.15) is 5.52 Å². The predicted molar refractivity (Wildman–Crippen MR) is 79.9 cm³/mol. The van der Waals surface area contributed by atoms with E-state index < -0.39 is 0 Å². The molecule has 2 aromatic carbocycles. The van der Waals surface area contributed by atoms with Gasteiger partial charge in [0.25, 0.3) is 0 Å². The molecule has 0 saturated carbocycles. The molecule has 1 aromatic heterocycles. The highest BCUT2D eigenvalue weighted by molar-refractivity contribution is 9.10. The molecule has 0 aliphatic carbocycles. The summed E-state index contributed by atoms with van der Waals surface area (Å²) in [6.45, 7) is 2.22. The van der Waals surface area contributed by atoms with Crippen molar-refractivity contribution in [2.24, 2.45) is 0 Å². The number of rotatable bonds is 1. The number of nitrogens with zero attached hydrogens (tertiary/aromatic N) is 2. The summed E-state index contributed by atoms with van der Waals surface area (Å²) in [5.41, 5.74) is 3.97. The highest BCUT2D eigenvalue weighted by Crippen LogP contribution is 2.30. The second-order valence-corrected chi connectivity index (χ2v) is 5.89. The van der Waals surface area contributed by atoms with Crippen molar-refractivity contribution in [1.82, 2.24) is 4.68 Å². The van der Waals surface area contributed by atoms with Crippen molar-refractivity contribution in [2.45, 2.75) is 19.5 Å². The molecular formula is C16H14BrClN2. The summed E-state index contributed by atoms with van der Waals surface area (Å²) in [5.74, 6) is 0. The van der Waals surface area contributed by atoms with Crippen molar-refractivity contribution in [3.63, 3.8) is 0 Å². The Labute approximate surface area is 132 Å². The summed E-state index contributed by atoms with van der Waals surface area (Å²) in [7, 11) is 0. The fraction of sp³-hybridized carbons (Fsp3) is 0.188. The van der Waals surface area contributed by atoms with E-state index in [0.29, 0.717) is 0 Å². The minimum atomic E-state index is 0. The monoisotopic (exact) mass is 348 g/mol. The maximum atomic E-state index is 3.59. The quantitative estimate of drug-likeness (QED) is 0.574. The van der Waals surface area contributed by atoms with Gasteiger partial charge < -0.3 is 12.4 Å². The van der Waals surface area contributed by atoms with Crippen LogP contribution in [0.4, 0.5) is 0 Å². The Bertz CT molecular complexity index is 765. The summed E-state index contributed by atoms with van der Waals surface area (Å²) in [6, 6.07) is 17.3. The fourth-order valence-corrected chi connectivity index (χ4v) is 3.42. The zero-order chi connectivity index (χ0) is 12.8. The lowest BCUT2D eigenvalue weighted by Gasteiger charge is -1.96. The molecule has 2 nitrogen and oxygen atoms in total. The molecule has 0 radical (unpaired) electrons. The fourth-order valence-electron chi connectivity index (χ4n) is 3.06. The second-order valence-electron chi connectivity index (χ2n) is 4.98. The normalized spacial score (nSPS) is 13.2. The van der Waals surface area contributed by atoms with Gasteiger partial charge in [-0.25, -0.2) is 0 Å². The van der Waals surface area contributed by atoms with Gasteiger partial charge in [-0.2, -0.15) is 4.68 Å². The van der Waals surface area contributed by atoms with E-state index in [1.165, 1.54) is 28.6 Å². The number of halogens is 2. The predicted octanol–water partition coefficient (Wildman–Crippen LogP) is 0.766. The highest BCUT2D eigenvalue weighted by Gasteiger charge is 2.29. The van der Waals surface area contributed by atoms with Crippen LogP contribution in [0, 0.1) is 0 Å². The lowest BCUT2D eigenvalue weighted by molar-refractivity contribution is -0.745. The first-order chi connectivity index (χ1) is 9.34. The first-order valence-corrected chi connectivity index (χ1v) is 7.41. The van der Waals surface area contributed by atoms with Crippen molar-refractivity contribution in [3.05, 3.63) is 53.0 Å². The zero-order valence-corrected chi connectivity index (χ0v) is 13.2. The number of hydrogen-bond donors (Lipinski definition) is 0. The van der Waals surface area contributed by atoms with Gasteiger partial charge in [0.15, 0.2) is 6.54 Å². The van der Waals surface area contributed by atoms with Crippen molar-refractivity contribution in [2.75, 3.05) is 0 Å². The minimum absolute atomic E-state index is 0. The van der Waals surface area contributed by atoms with Gasteiger partial charge >= 0.3 is 0 Å². The van der Waals surface area contributed by atoms with E-state index in [4.69, 9.17) is 0 Å². The first-order valence-electron chi connectivity index (χ1n) is 6.62. The molecule has 1 aliphatic rings. The molecule has 20 heavy (non-hydrogen) atoms. The number of aryl methyl sites for hydroxylation is 1. The van der Waals surface area contributed by atoms with Crippen LogP contribution in [0.15, 0.2) is 53.0 Å². The van der Waals surface area contributed by atoms with Gasteiger partial charge in [0.05, 0.1) is 11.9 Å². The third kappa shape index (κ3) is 1.97. The van der Waals surface area contributed by atoms with E-state index in [0.717, 1.165) is 17.6 Å². The molecule has 102 valence electrons. The van der Waals surface area contributed by atoms with Crippen LogP contribution in [-0.4, -0.2) is 4.68 Å². The maximum absolute atomic E-state index is 3.59. The van der Waals surface area contributed by atoms with Crippen LogP contribution >= 0.6 is 15.9 Å². The largest absolute Gasteiger partial charge is 1.00 e. The molecule has 0 amide bonds. The molecule has 0 N–H and O–H groups in total. The van der Waals surface area contributed by atoms with E-state index in [9.17, 15) is 0 Å². The van der Waals surface area contributed by atoms with E-state index in [1.54, 1.807) is 0 Å². The summed E-state index contributed by atoms with van der Waals surface area (Å²) < 4.78 is 5.97. The second kappa shape index (κ2) is 5.23. The zero-order valence-electron chi connectivity index (χ0n) is 10.9.